The number of halogens is 1. The van der Waals surface area contributed by atoms with Gasteiger partial charge in [0.1, 0.15) is 0 Å². The topological polar surface area (TPSA) is 50.2 Å². The maximum Gasteiger partial charge on any atom is 0.230 e. The highest BCUT2D eigenvalue weighted by atomic mass is 35.5. The maximum absolute atomic E-state index is 12.9. The molecular weight excluding hydrogens is 372 g/mol. The van der Waals surface area contributed by atoms with Crippen LogP contribution >= 0.6 is 11.6 Å². The highest BCUT2D eigenvalue weighted by molar-refractivity contribution is 6.30. The van der Waals surface area contributed by atoms with Gasteiger partial charge in [-0.15, -0.1) is 0 Å². The van der Waals surface area contributed by atoms with E-state index in [9.17, 15) is 4.79 Å². The molecule has 1 saturated heterocycles. The molecule has 1 N–H and O–H groups in total. The van der Waals surface area contributed by atoms with E-state index in [1.165, 1.54) is 12.8 Å². The molecule has 2 aliphatic rings. The summed E-state index contributed by atoms with van der Waals surface area (Å²) in [6.07, 6.45) is 9.24. The Kier molecular flexibility index (Phi) is 6.02. The van der Waals surface area contributed by atoms with E-state index in [4.69, 9.17) is 11.6 Å². The Labute approximate surface area is 172 Å². The minimum Gasteiger partial charge on any atom is -0.355 e. The van der Waals surface area contributed by atoms with Crippen LogP contribution in [0, 0.1) is 5.92 Å². The van der Waals surface area contributed by atoms with Crippen LogP contribution in [0.5, 0.6) is 0 Å². The van der Waals surface area contributed by atoms with Crippen LogP contribution in [0.3, 0.4) is 0 Å². The van der Waals surface area contributed by atoms with Gasteiger partial charge in [0.05, 0.1) is 5.41 Å². The molecule has 5 nitrogen and oxygen atoms in total. The third-order valence-electron chi connectivity index (χ3n) is 6.16. The van der Waals surface area contributed by atoms with Gasteiger partial charge in [-0.05, 0) is 74.9 Å². The molecular formula is C22H29ClN4O. The van der Waals surface area contributed by atoms with Crippen molar-refractivity contribution < 1.29 is 4.79 Å². The summed E-state index contributed by atoms with van der Waals surface area (Å²) in [7, 11) is 0. The summed E-state index contributed by atoms with van der Waals surface area (Å²) >= 11 is 5.99. The smallest absolute Gasteiger partial charge is 0.230 e. The standard InChI is InChI=1S/C22H29ClN4O/c23-20-7-5-19(6-8-20)22(9-10-22)21(28)24-16-18-4-1-12-26(17-18)13-3-15-27-14-2-11-25-27/h2,5-8,11,14,18H,1,3-4,9-10,12-13,15-17H2,(H,24,28). The van der Waals surface area contributed by atoms with E-state index < -0.39 is 0 Å². The number of carbonyl (C=O) groups is 1. The van der Waals surface area contributed by atoms with Gasteiger partial charge in [-0.1, -0.05) is 23.7 Å². The fourth-order valence-electron chi connectivity index (χ4n) is 4.36. The first kappa shape index (κ1) is 19.5. The SMILES string of the molecule is O=C(NCC1CCCN(CCCn2cccn2)C1)C1(c2ccc(Cl)cc2)CC1. The highest BCUT2D eigenvalue weighted by Crippen LogP contribution is 2.48. The van der Waals surface area contributed by atoms with E-state index in [1.54, 1.807) is 0 Å². The van der Waals surface area contributed by atoms with Crippen molar-refractivity contribution in [2.24, 2.45) is 5.92 Å². The van der Waals surface area contributed by atoms with Crippen LogP contribution in [0.1, 0.15) is 37.7 Å². The Morgan fingerprint density at radius 1 is 1.25 bits per heavy atom. The van der Waals surface area contributed by atoms with E-state index in [0.717, 1.165) is 62.6 Å². The molecule has 2 heterocycles. The van der Waals surface area contributed by atoms with Gasteiger partial charge in [0.2, 0.25) is 5.91 Å². The molecule has 1 saturated carbocycles. The number of amides is 1. The zero-order valence-corrected chi connectivity index (χ0v) is 17.1. The quantitative estimate of drug-likeness (QED) is 0.737. The molecule has 150 valence electrons. The van der Waals surface area contributed by atoms with Crippen LogP contribution in [0.4, 0.5) is 0 Å². The number of likely N-dealkylation sites (tertiary alicyclic amines) is 1. The third-order valence-corrected chi connectivity index (χ3v) is 6.41. The first-order valence-corrected chi connectivity index (χ1v) is 10.8. The highest BCUT2D eigenvalue weighted by Gasteiger charge is 2.51. The molecule has 28 heavy (non-hydrogen) atoms. The normalized spacial score (nSPS) is 21.4. The summed E-state index contributed by atoms with van der Waals surface area (Å²) in [5.41, 5.74) is 0.779. The minimum absolute atomic E-state index is 0.186. The lowest BCUT2D eigenvalue weighted by atomic mass is 9.93. The molecule has 1 amide bonds. The monoisotopic (exact) mass is 400 g/mol. The molecule has 1 aromatic carbocycles. The van der Waals surface area contributed by atoms with Gasteiger partial charge in [0, 0.05) is 37.1 Å². The van der Waals surface area contributed by atoms with Crippen LogP contribution in [-0.4, -0.2) is 46.8 Å². The van der Waals surface area contributed by atoms with Crippen molar-refractivity contribution in [1.29, 1.82) is 0 Å². The molecule has 0 radical (unpaired) electrons. The van der Waals surface area contributed by atoms with Crippen LogP contribution in [0.2, 0.25) is 5.02 Å². The molecule has 1 atom stereocenters. The molecule has 1 aliphatic heterocycles. The first-order chi connectivity index (χ1) is 13.7. The fourth-order valence-corrected chi connectivity index (χ4v) is 4.48. The van der Waals surface area contributed by atoms with Gasteiger partial charge in [-0.2, -0.15) is 5.10 Å². The molecule has 0 spiro atoms. The summed E-state index contributed by atoms with van der Waals surface area (Å²) < 4.78 is 1.99. The summed E-state index contributed by atoms with van der Waals surface area (Å²) in [6.45, 7) is 5.09. The number of piperidine rings is 1. The molecule has 2 aromatic rings. The lowest BCUT2D eigenvalue weighted by molar-refractivity contribution is -0.123. The lowest BCUT2D eigenvalue weighted by Gasteiger charge is -2.33. The number of aromatic nitrogens is 2. The number of hydrogen-bond donors (Lipinski definition) is 1. The lowest BCUT2D eigenvalue weighted by Crippen LogP contribution is -2.43. The van der Waals surface area contributed by atoms with Gasteiger partial charge in [0.15, 0.2) is 0 Å². The average Bonchev–Trinajstić information content (AvgIpc) is 3.36. The molecule has 0 bridgehead atoms. The van der Waals surface area contributed by atoms with Crippen LogP contribution in [0.15, 0.2) is 42.7 Å². The summed E-state index contributed by atoms with van der Waals surface area (Å²) in [4.78, 5) is 15.4. The van der Waals surface area contributed by atoms with Crippen LogP contribution < -0.4 is 5.32 Å². The zero-order chi connectivity index (χ0) is 19.4. The Morgan fingerprint density at radius 2 is 2.07 bits per heavy atom. The summed E-state index contributed by atoms with van der Waals surface area (Å²) in [5.74, 6) is 0.731. The van der Waals surface area contributed by atoms with Gasteiger partial charge < -0.3 is 10.2 Å². The van der Waals surface area contributed by atoms with Gasteiger partial charge in [0.25, 0.3) is 0 Å². The molecule has 1 aliphatic carbocycles. The Morgan fingerprint density at radius 3 is 2.79 bits per heavy atom. The number of benzene rings is 1. The molecule has 4 rings (SSSR count). The van der Waals surface area contributed by atoms with Crippen LogP contribution in [0.25, 0.3) is 0 Å². The predicted molar refractivity (Wildman–Crippen MR) is 111 cm³/mol. The van der Waals surface area contributed by atoms with E-state index >= 15 is 0 Å². The third kappa shape index (κ3) is 4.58. The second-order valence-electron chi connectivity index (χ2n) is 8.23. The van der Waals surface area contributed by atoms with Gasteiger partial charge >= 0.3 is 0 Å². The van der Waals surface area contributed by atoms with Crippen molar-refractivity contribution in [1.82, 2.24) is 20.0 Å². The van der Waals surface area contributed by atoms with Crippen molar-refractivity contribution in [3.05, 3.63) is 53.3 Å². The van der Waals surface area contributed by atoms with Gasteiger partial charge in [-0.25, -0.2) is 0 Å². The largest absolute Gasteiger partial charge is 0.355 e. The first-order valence-electron chi connectivity index (χ1n) is 10.4. The minimum atomic E-state index is -0.317. The van der Waals surface area contributed by atoms with E-state index in [1.807, 2.05) is 47.4 Å². The fraction of sp³-hybridized carbons (Fsp3) is 0.545. The van der Waals surface area contributed by atoms with Gasteiger partial charge in [-0.3, -0.25) is 9.48 Å². The summed E-state index contributed by atoms with van der Waals surface area (Å²) in [5, 5.41) is 8.24. The van der Waals surface area contributed by atoms with Crippen molar-refractivity contribution in [2.45, 2.75) is 44.1 Å². The zero-order valence-electron chi connectivity index (χ0n) is 16.3. The van der Waals surface area contributed by atoms with E-state index in [-0.39, 0.29) is 11.3 Å². The average molecular weight is 401 g/mol. The number of rotatable bonds is 8. The van der Waals surface area contributed by atoms with E-state index in [0.29, 0.717) is 5.92 Å². The Hall–Kier alpha value is -1.85. The van der Waals surface area contributed by atoms with Crippen molar-refractivity contribution >= 4 is 17.5 Å². The predicted octanol–water partition coefficient (Wildman–Crippen LogP) is 3.49. The molecule has 2 fully saturated rings. The summed E-state index contributed by atoms with van der Waals surface area (Å²) in [6, 6.07) is 9.73. The molecule has 1 aromatic heterocycles. The van der Waals surface area contributed by atoms with Crippen molar-refractivity contribution in [2.75, 3.05) is 26.2 Å². The second-order valence-corrected chi connectivity index (χ2v) is 8.67. The second kappa shape index (κ2) is 8.66. The van der Waals surface area contributed by atoms with Crippen molar-refractivity contribution in [3.8, 4) is 0 Å². The number of carbonyl (C=O) groups excluding carboxylic acids is 1. The van der Waals surface area contributed by atoms with Crippen molar-refractivity contribution in [3.63, 3.8) is 0 Å². The molecule has 6 heteroatoms. The Bertz CT molecular complexity index is 770. The number of nitrogens with one attached hydrogen (secondary N) is 1. The number of hydrogen-bond acceptors (Lipinski definition) is 3. The Balaban J connectivity index is 1.23. The van der Waals surface area contributed by atoms with E-state index in [2.05, 4.69) is 15.3 Å². The number of aryl methyl sites for hydroxylation is 1. The molecule has 1 unspecified atom stereocenters. The van der Waals surface area contributed by atoms with Crippen LogP contribution in [-0.2, 0) is 16.8 Å². The maximum atomic E-state index is 12.9. The number of nitrogens with zero attached hydrogens (tertiary/aromatic N) is 3.